The molecule has 24 heavy (non-hydrogen) atoms. The molecule has 0 unspecified atom stereocenters. The predicted molar refractivity (Wildman–Crippen MR) is 105 cm³/mol. The Morgan fingerprint density at radius 3 is 1.92 bits per heavy atom. The lowest BCUT2D eigenvalue weighted by atomic mass is 9.96. The average Bonchev–Trinajstić information content (AvgIpc) is 2.99. The summed E-state index contributed by atoms with van der Waals surface area (Å²) in [6, 6.07) is 15.8. The van der Waals surface area contributed by atoms with Gasteiger partial charge in [0.2, 0.25) is 0 Å². The van der Waals surface area contributed by atoms with Crippen LogP contribution >= 0.6 is 11.3 Å². The number of thiophene rings is 1. The Morgan fingerprint density at radius 1 is 0.875 bits per heavy atom. The highest BCUT2D eigenvalue weighted by molar-refractivity contribution is 7.15. The monoisotopic (exact) mass is 337 g/mol. The van der Waals surface area contributed by atoms with Crippen LogP contribution in [-0.2, 0) is 0 Å². The molecular formula is C21H23NOS. The molecule has 3 rings (SSSR count). The molecule has 0 spiro atoms. The van der Waals surface area contributed by atoms with Crippen molar-refractivity contribution in [1.29, 1.82) is 0 Å². The van der Waals surface area contributed by atoms with Gasteiger partial charge in [-0.3, -0.25) is 4.79 Å². The van der Waals surface area contributed by atoms with E-state index in [1.54, 1.807) is 0 Å². The fourth-order valence-electron chi connectivity index (χ4n) is 2.40. The van der Waals surface area contributed by atoms with Crippen LogP contribution in [0.3, 0.4) is 0 Å². The Kier molecular flexibility index (Phi) is 5.93. The normalized spacial score (nSPS) is 10.0. The van der Waals surface area contributed by atoms with Crippen LogP contribution in [0.15, 0.2) is 53.9 Å². The summed E-state index contributed by atoms with van der Waals surface area (Å²) >= 11 is 1.41. The van der Waals surface area contributed by atoms with Crippen LogP contribution in [0.5, 0.6) is 0 Å². The third kappa shape index (κ3) is 3.74. The van der Waals surface area contributed by atoms with Crippen molar-refractivity contribution in [1.82, 2.24) is 0 Å². The first-order chi connectivity index (χ1) is 11.6. The van der Waals surface area contributed by atoms with Gasteiger partial charge in [0.1, 0.15) is 0 Å². The highest BCUT2D eigenvalue weighted by atomic mass is 32.1. The van der Waals surface area contributed by atoms with Gasteiger partial charge >= 0.3 is 0 Å². The third-order valence-corrected chi connectivity index (χ3v) is 4.53. The van der Waals surface area contributed by atoms with Crippen molar-refractivity contribution >= 4 is 22.1 Å². The Labute approximate surface area is 148 Å². The number of rotatable bonds is 3. The van der Waals surface area contributed by atoms with E-state index in [4.69, 9.17) is 5.73 Å². The van der Waals surface area contributed by atoms with E-state index in [2.05, 4.69) is 0 Å². The summed E-state index contributed by atoms with van der Waals surface area (Å²) in [6.45, 7) is 8.05. The topological polar surface area (TPSA) is 43.1 Å². The van der Waals surface area contributed by atoms with Gasteiger partial charge in [0, 0.05) is 16.5 Å². The predicted octanol–water partition coefficient (Wildman–Crippen LogP) is 5.87. The number of ketones is 1. The summed E-state index contributed by atoms with van der Waals surface area (Å²) in [7, 11) is 0. The largest absolute Gasteiger partial charge is 0.390 e. The number of hydrogen-bond acceptors (Lipinski definition) is 3. The SMILES string of the molecule is CC.Cc1ccc(C(=O)c2c(-c3ccc(C)cc3)csc2N)cc1. The minimum Gasteiger partial charge on any atom is -0.390 e. The first-order valence-corrected chi connectivity index (χ1v) is 8.99. The Hall–Kier alpha value is -2.39. The molecule has 2 nitrogen and oxygen atoms in total. The number of aryl methyl sites for hydroxylation is 2. The van der Waals surface area contributed by atoms with E-state index in [-0.39, 0.29) is 5.78 Å². The van der Waals surface area contributed by atoms with E-state index >= 15 is 0 Å². The summed E-state index contributed by atoms with van der Waals surface area (Å²) < 4.78 is 0. The molecule has 1 heterocycles. The van der Waals surface area contributed by atoms with Gasteiger partial charge in [0.05, 0.1) is 10.6 Å². The molecule has 0 aliphatic heterocycles. The molecule has 2 N–H and O–H groups in total. The maximum absolute atomic E-state index is 12.8. The maximum Gasteiger partial charge on any atom is 0.196 e. The second-order valence-corrected chi connectivity index (χ2v) is 6.36. The van der Waals surface area contributed by atoms with Gasteiger partial charge in [0.25, 0.3) is 0 Å². The second-order valence-electron chi connectivity index (χ2n) is 5.45. The number of anilines is 1. The van der Waals surface area contributed by atoms with Crippen LogP contribution in [0.25, 0.3) is 11.1 Å². The Morgan fingerprint density at radius 2 is 1.38 bits per heavy atom. The minimum atomic E-state index is -0.0191. The lowest BCUT2D eigenvalue weighted by molar-refractivity contribution is 0.104. The average molecular weight is 337 g/mol. The summed E-state index contributed by atoms with van der Waals surface area (Å²) in [5, 5.41) is 2.53. The van der Waals surface area contributed by atoms with E-state index in [0.717, 1.165) is 16.7 Å². The standard InChI is InChI=1S/C19H17NOS.C2H6/c1-12-3-7-14(8-4-12)16-11-22-19(20)17(16)18(21)15-9-5-13(2)6-10-15;1-2/h3-11H,20H2,1-2H3;1-2H3. The smallest absolute Gasteiger partial charge is 0.196 e. The molecule has 124 valence electrons. The van der Waals surface area contributed by atoms with Crippen LogP contribution in [0, 0.1) is 13.8 Å². The van der Waals surface area contributed by atoms with E-state index < -0.39 is 0 Å². The van der Waals surface area contributed by atoms with Crippen molar-refractivity contribution in [2.45, 2.75) is 27.7 Å². The zero-order chi connectivity index (χ0) is 17.7. The number of nitrogen functional groups attached to an aromatic ring is 1. The van der Waals surface area contributed by atoms with Crippen LogP contribution < -0.4 is 5.73 Å². The minimum absolute atomic E-state index is 0.0191. The third-order valence-electron chi connectivity index (χ3n) is 3.72. The van der Waals surface area contributed by atoms with Crippen LogP contribution in [0.4, 0.5) is 5.00 Å². The van der Waals surface area contributed by atoms with Gasteiger partial charge in [-0.15, -0.1) is 11.3 Å². The maximum atomic E-state index is 12.8. The van der Waals surface area contributed by atoms with Crippen molar-refractivity contribution < 1.29 is 4.79 Å². The molecule has 0 bridgehead atoms. The molecule has 0 radical (unpaired) electrons. The van der Waals surface area contributed by atoms with Gasteiger partial charge in [-0.2, -0.15) is 0 Å². The van der Waals surface area contributed by atoms with Gasteiger partial charge in [-0.25, -0.2) is 0 Å². The molecule has 0 fully saturated rings. The van der Waals surface area contributed by atoms with Gasteiger partial charge in [-0.05, 0) is 19.4 Å². The van der Waals surface area contributed by atoms with Crippen molar-refractivity contribution in [3.63, 3.8) is 0 Å². The molecule has 0 amide bonds. The van der Waals surface area contributed by atoms with Crippen molar-refractivity contribution in [3.05, 3.63) is 76.2 Å². The molecule has 1 aromatic heterocycles. The summed E-state index contributed by atoms with van der Waals surface area (Å²) in [4.78, 5) is 12.8. The Bertz CT molecular complexity index is 814. The summed E-state index contributed by atoms with van der Waals surface area (Å²) in [5.41, 5.74) is 11.6. The lowest BCUT2D eigenvalue weighted by Crippen LogP contribution is -2.04. The van der Waals surface area contributed by atoms with Crippen LogP contribution in [-0.4, -0.2) is 5.78 Å². The van der Waals surface area contributed by atoms with Crippen molar-refractivity contribution in [2.75, 3.05) is 5.73 Å². The molecule has 0 aliphatic carbocycles. The van der Waals surface area contributed by atoms with Crippen LogP contribution in [0.1, 0.15) is 40.9 Å². The van der Waals surface area contributed by atoms with Crippen LogP contribution in [0.2, 0.25) is 0 Å². The van der Waals surface area contributed by atoms with E-state index in [9.17, 15) is 4.79 Å². The zero-order valence-corrected chi connectivity index (χ0v) is 15.4. The fraction of sp³-hybridized carbons (Fsp3) is 0.190. The van der Waals surface area contributed by atoms with Gasteiger partial charge in [-0.1, -0.05) is 73.5 Å². The fourth-order valence-corrected chi connectivity index (χ4v) is 3.22. The lowest BCUT2D eigenvalue weighted by Gasteiger charge is -2.06. The van der Waals surface area contributed by atoms with E-state index in [1.807, 2.05) is 81.6 Å². The number of nitrogens with two attached hydrogens (primary N) is 1. The van der Waals surface area contributed by atoms with Gasteiger partial charge in [0.15, 0.2) is 5.78 Å². The van der Waals surface area contributed by atoms with Crippen molar-refractivity contribution in [3.8, 4) is 11.1 Å². The number of hydrogen-bond donors (Lipinski definition) is 1. The first kappa shape index (κ1) is 18.0. The molecule has 0 saturated carbocycles. The Balaban J connectivity index is 0.00000100. The zero-order valence-electron chi connectivity index (χ0n) is 14.6. The summed E-state index contributed by atoms with van der Waals surface area (Å²) in [6.07, 6.45) is 0. The number of carbonyl (C=O) groups excluding carboxylic acids is 1. The molecule has 0 atom stereocenters. The molecule has 0 saturated heterocycles. The molecule has 3 aromatic rings. The molecular weight excluding hydrogens is 314 g/mol. The molecule has 0 aliphatic rings. The van der Waals surface area contributed by atoms with Crippen molar-refractivity contribution in [2.24, 2.45) is 0 Å². The highest BCUT2D eigenvalue weighted by Gasteiger charge is 2.19. The van der Waals surface area contributed by atoms with E-state index in [1.165, 1.54) is 16.9 Å². The first-order valence-electron chi connectivity index (χ1n) is 8.11. The quantitative estimate of drug-likeness (QED) is 0.607. The summed E-state index contributed by atoms with van der Waals surface area (Å²) in [5.74, 6) is -0.0191. The van der Waals surface area contributed by atoms with E-state index in [0.29, 0.717) is 16.1 Å². The highest BCUT2D eigenvalue weighted by Crippen LogP contribution is 2.35. The number of carbonyl (C=O) groups is 1. The second kappa shape index (κ2) is 7.93. The molecule has 3 heteroatoms. The number of benzene rings is 2. The molecule has 2 aromatic carbocycles. The van der Waals surface area contributed by atoms with Gasteiger partial charge < -0.3 is 5.73 Å².